The van der Waals surface area contributed by atoms with Crippen LogP contribution in [0.25, 0.3) is 6.08 Å². The van der Waals surface area contributed by atoms with E-state index in [-0.39, 0.29) is 23.8 Å². The van der Waals surface area contributed by atoms with Crippen LogP contribution in [0.1, 0.15) is 16.7 Å². The lowest BCUT2D eigenvalue weighted by atomic mass is 10.1. The van der Waals surface area contributed by atoms with Crippen molar-refractivity contribution in [2.75, 3.05) is 7.11 Å². The topological polar surface area (TPSA) is 18.5 Å². The fraction of sp³-hybridized carbons (Fsp3) is 0.176. The Morgan fingerprint density at radius 2 is 1.33 bits per heavy atom. The van der Waals surface area contributed by atoms with Crippen LogP contribution in [0.3, 0.4) is 0 Å². The van der Waals surface area contributed by atoms with Gasteiger partial charge >= 0.3 is 12.4 Å². The molecule has 2 nitrogen and oxygen atoms in total. The molecule has 2 rings (SSSR count). The molecule has 0 spiro atoms. The molecular formula is C17H10F8O2. The van der Waals surface area contributed by atoms with Crippen molar-refractivity contribution in [3.63, 3.8) is 0 Å². The van der Waals surface area contributed by atoms with Crippen LogP contribution in [-0.4, -0.2) is 7.11 Å². The summed E-state index contributed by atoms with van der Waals surface area (Å²) in [4.78, 5) is 0. The van der Waals surface area contributed by atoms with Gasteiger partial charge in [-0.05, 0) is 30.3 Å². The second kappa shape index (κ2) is 7.45. The van der Waals surface area contributed by atoms with Gasteiger partial charge in [0.05, 0.1) is 24.5 Å². The molecule has 0 N–H and O–H groups in total. The third-order valence-electron chi connectivity index (χ3n) is 3.22. The fourth-order valence-corrected chi connectivity index (χ4v) is 2.00. The zero-order valence-corrected chi connectivity index (χ0v) is 13.4. The summed E-state index contributed by atoms with van der Waals surface area (Å²) >= 11 is 0. The highest BCUT2D eigenvalue weighted by Crippen LogP contribution is 2.39. The number of methoxy groups -OCH3 is 1. The summed E-state index contributed by atoms with van der Waals surface area (Å²) in [6.07, 6.45) is -8.09. The first-order valence-corrected chi connectivity index (χ1v) is 7.07. The SMILES string of the molecule is COC=Cc1cc(F)c(Oc2cc(C(F)(F)F)cc(C(F)(F)F)c2)cc1F. The third kappa shape index (κ3) is 5.11. The van der Waals surface area contributed by atoms with E-state index in [1.807, 2.05) is 0 Å². The molecule has 0 aliphatic rings. The average Bonchev–Trinajstić information content (AvgIpc) is 2.54. The molecule has 27 heavy (non-hydrogen) atoms. The summed E-state index contributed by atoms with van der Waals surface area (Å²) in [6, 6.07) is 1.55. The number of halogens is 8. The molecule has 0 aromatic heterocycles. The predicted molar refractivity (Wildman–Crippen MR) is 78.9 cm³/mol. The van der Waals surface area contributed by atoms with E-state index in [1.54, 1.807) is 0 Å². The van der Waals surface area contributed by atoms with Crippen molar-refractivity contribution in [3.8, 4) is 11.5 Å². The Morgan fingerprint density at radius 1 is 0.778 bits per heavy atom. The Balaban J connectivity index is 2.48. The first-order valence-electron chi connectivity index (χ1n) is 7.07. The molecule has 146 valence electrons. The zero-order chi connectivity index (χ0) is 20.4. The molecule has 0 heterocycles. The number of alkyl halides is 6. The third-order valence-corrected chi connectivity index (χ3v) is 3.22. The molecule has 10 heteroatoms. The number of rotatable bonds is 4. The molecule has 0 bridgehead atoms. The molecular weight excluding hydrogens is 388 g/mol. The van der Waals surface area contributed by atoms with Crippen LogP contribution in [0, 0.1) is 11.6 Å². The van der Waals surface area contributed by atoms with E-state index in [9.17, 15) is 35.1 Å². The minimum Gasteiger partial charge on any atom is -0.504 e. The van der Waals surface area contributed by atoms with Gasteiger partial charge in [0.15, 0.2) is 11.6 Å². The van der Waals surface area contributed by atoms with Gasteiger partial charge in [-0.25, -0.2) is 8.78 Å². The van der Waals surface area contributed by atoms with Crippen molar-refractivity contribution in [2.45, 2.75) is 12.4 Å². The van der Waals surface area contributed by atoms with Crippen LogP contribution >= 0.6 is 0 Å². The Labute approximate surface area is 147 Å². The lowest BCUT2D eigenvalue weighted by molar-refractivity contribution is -0.143. The van der Waals surface area contributed by atoms with Crippen LogP contribution < -0.4 is 4.74 Å². The number of hydrogen-bond acceptors (Lipinski definition) is 2. The summed E-state index contributed by atoms with van der Waals surface area (Å²) in [7, 11) is 1.26. The first-order chi connectivity index (χ1) is 12.4. The van der Waals surface area contributed by atoms with E-state index >= 15 is 0 Å². The van der Waals surface area contributed by atoms with Crippen molar-refractivity contribution in [1.82, 2.24) is 0 Å². The molecule has 0 saturated heterocycles. The molecule has 0 aliphatic carbocycles. The summed E-state index contributed by atoms with van der Waals surface area (Å²) < 4.78 is 114. The van der Waals surface area contributed by atoms with Gasteiger partial charge in [-0.1, -0.05) is 0 Å². The van der Waals surface area contributed by atoms with E-state index in [4.69, 9.17) is 4.74 Å². The van der Waals surface area contributed by atoms with Crippen molar-refractivity contribution < 1.29 is 44.6 Å². The Kier molecular flexibility index (Phi) is 5.67. The molecule has 0 saturated carbocycles. The average molecular weight is 398 g/mol. The summed E-state index contributed by atoms with van der Waals surface area (Å²) in [5.74, 6) is -4.05. The largest absolute Gasteiger partial charge is 0.504 e. The number of ether oxygens (including phenoxy) is 2. The highest BCUT2D eigenvalue weighted by atomic mass is 19.4. The normalized spacial score (nSPS) is 12.5. The minimum atomic E-state index is -5.10. The smallest absolute Gasteiger partial charge is 0.416 e. The molecule has 2 aromatic carbocycles. The van der Waals surface area contributed by atoms with E-state index in [2.05, 4.69) is 4.74 Å². The van der Waals surface area contributed by atoms with Gasteiger partial charge in [-0.15, -0.1) is 0 Å². The van der Waals surface area contributed by atoms with Gasteiger partial charge in [0.25, 0.3) is 0 Å². The van der Waals surface area contributed by atoms with Crippen molar-refractivity contribution in [1.29, 1.82) is 0 Å². The molecule has 0 fully saturated rings. The number of benzene rings is 2. The first kappa shape index (κ1) is 20.5. The zero-order valence-electron chi connectivity index (χ0n) is 13.4. The van der Waals surface area contributed by atoms with Crippen molar-refractivity contribution in [3.05, 3.63) is 64.9 Å². The second-order valence-electron chi connectivity index (χ2n) is 5.19. The molecule has 0 amide bonds. The fourth-order valence-electron chi connectivity index (χ4n) is 2.00. The second-order valence-corrected chi connectivity index (χ2v) is 5.19. The van der Waals surface area contributed by atoms with Crippen molar-refractivity contribution >= 4 is 6.08 Å². The van der Waals surface area contributed by atoms with Gasteiger partial charge in [-0.2, -0.15) is 26.3 Å². The lowest BCUT2D eigenvalue weighted by Crippen LogP contribution is -2.11. The summed E-state index contributed by atoms with van der Waals surface area (Å²) in [5, 5.41) is 0. The highest BCUT2D eigenvalue weighted by molar-refractivity contribution is 5.52. The summed E-state index contributed by atoms with van der Waals surface area (Å²) in [5.41, 5.74) is -3.55. The Bertz CT molecular complexity index is 821. The van der Waals surface area contributed by atoms with Crippen LogP contribution in [0.2, 0.25) is 0 Å². The molecule has 2 aromatic rings. The van der Waals surface area contributed by atoms with Crippen LogP contribution in [0.4, 0.5) is 35.1 Å². The van der Waals surface area contributed by atoms with E-state index in [0.29, 0.717) is 12.1 Å². The summed E-state index contributed by atoms with van der Waals surface area (Å²) in [6.45, 7) is 0. The van der Waals surface area contributed by atoms with Crippen LogP contribution in [0.15, 0.2) is 36.6 Å². The molecule has 0 aliphatic heterocycles. The van der Waals surface area contributed by atoms with Crippen LogP contribution in [-0.2, 0) is 17.1 Å². The predicted octanol–water partition coefficient (Wildman–Crippen LogP) is 6.41. The van der Waals surface area contributed by atoms with Gasteiger partial charge in [0.2, 0.25) is 0 Å². The van der Waals surface area contributed by atoms with Gasteiger partial charge in [0.1, 0.15) is 11.6 Å². The van der Waals surface area contributed by atoms with Gasteiger partial charge < -0.3 is 9.47 Å². The standard InChI is InChI=1S/C17H10F8O2/c1-26-3-2-9-4-14(19)15(8-13(9)18)27-12-6-10(16(20,21)22)5-11(7-12)17(23,24)25/h2-8H,1H3. The van der Waals surface area contributed by atoms with E-state index in [0.717, 1.165) is 12.3 Å². The highest BCUT2D eigenvalue weighted by Gasteiger charge is 2.37. The molecule has 0 atom stereocenters. The maximum absolute atomic E-state index is 14.0. The maximum Gasteiger partial charge on any atom is 0.416 e. The van der Waals surface area contributed by atoms with E-state index < -0.39 is 46.6 Å². The van der Waals surface area contributed by atoms with E-state index in [1.165, 1.54) is 7.11 Å². The Hall–Kier alpha value is -2.78. The maximum atomic E-state index is 14.0. The van der Waals surface area contributed by atoms with Gasteiger partial charge in [0, 0.05) is 11.6 Å². The molecule has 0 radical (unpaired) electrons. The number of hydrogen-bond donors (Lipinski definition) is 0. The monoisotopic (exact) mass is 398 g/mol. The Morgan fingerprint density at radius 3 is 1.81 bits per heavy atom. The van der Waals surface area contributed by atoms with Crippen LogP contribution in [0.5, 0.6) is 11.5 Å². The lowest BCUT2D eigenvalue weighted by Gasteiger charge is -2.15. The quantitative estimate of drug-likeness (QED) is 0.438. The van der Waals surface area contributed by atoms with Crippen molar-refractivity contribution in [2.24, 2.45) is 0 Å². The molecule has 0 unspecified atom stereocenters. The minimum absolute atomic E-state index is 0.109. The van der Waals surface area contributed by atoms with Gasteiger partial charge in [-0.3, -0.25) is 0 Å².